The minimum absolute atomic E-state index is 0.0992. The average molecular weight is 270 g/mol. The maximum Gasteiger partial charge on any atom is 0.0416 e. The minimum Gasteiger partial charge on any atom is -0.0876 e. The van der Waals surface area contributed by atoms with E-state index >= 15 is 0 Å². The van der Waals surface area contributed by atoms with E-state index in [2.05, 4.69) is 0 Å². The van der Waals surface area contributed by atoms with Gasteiger partial charge in [-0.2, -0.15) is 0 Å². The van der Waals surface area contributed by atoms with Crippen molar-refractivity contribution in [1.29, 1.82) is 0 Å². The topological polar surface area (TPSA) is 0 Å². The largest absolute Gasteiger partial charge is 0.0876 e. The van der Waals surface area contributed by atoms with E-state index in [4.69, 9.17) is 46.4 Å². The Morgan fingerprint density at radius 1 is 0.786 bits per heavy atom. The number of rotatable bonds is 0. The number of hydrogen-bond acceptors (Lipinski definition) is 0. The van der Waals surface area contributed by atoms with Crippen molar-refractivity contribution < 1.29 is 0 Å². The predicted molar refractivity (Wildman–Crippen MR) is 60.7 cm³/mol. The van der Waals surface area contributed by atoms with Gasteiger partial charge in [0.05, 0.1) is 0 Å². The van der Waals surface area contributed by atoms with Crippen LogP contribution >= 0.6 is 46.4 Å². The van der Waals surface area contributed by atoms with Gasteiger partial charge in [0.1, 0.15) is 0 Å². The van der Waals surface area contributed by atoms with Gasteiger partial charge in [-0.3, -0.25) is 0 Å². The third-order valence-electron chi connectivity index (χ3n) is 3.73. The monoisotopic (exact) mass is 268 g/mol. The molecule has 3 aliphatic rings. The summed E-state index contributed by atoms with van der Waals surface area (Å²) < 4.78 is 0. The molecule has 0 nitrogen and oxygen atoms in total. The molecule has 0 radical (unpaired) electrons. The fraction of sp³-hybridized carbons (Fsp3) is 0.600. The number of allylic oxidation sites excluding steroid dienone is 4. The Kier molecular flexibility index (Phi) is 2.16. The van der Waals surface area contributed by atoms with Crippen LogP contribution in [-0.2, 0) is 0 Å². The molecule has 4 unspecified atom stereocenters. The summed E-state index contributed by atoms with van der Waals surface area (Å²) in [5.74, 6) is 1.44. The molecule has 0 aromatic carbocycles. The van der Waals surface area contributed by atoms with Gasteiger partial charge in [0.15, 0.2) is 0 Å². The molecule has 2 bridgehead atoms. The van der Waals surface area contributed by atoms with Crippen LogP contribution in [0.5, 0.6) is 0 Å². The van der Waals surface area contributed by atoms with E-state index in [1.807, 2.05) is 0 Å². The van der Waals surface area contributed by atoms with Gasteiger partial charge in [0.2, 0.25) is 0 Å². The van der Waals surface area contributed by atoms with Crippen molar-refractivity contribution in [2.24, 2.45) is 23.7 Å². The number of halogens is 4. The van der Waals surface area contributed by atoms with E-state index in [9.17, 15) is 0 Å². The highest BCUT2D eigenvalue weighted by molar-refractivity contribution is 6.43. The molecule has 0 aliphatic heterocycles. The van der Waals surface area contributed by atoms with Crippen molar-refractivity contribution in [2.45, 2.75) is 12.8 Å². The van der Waals surface area contributed by atoms with E-state index in [1.165, 1.54) is 0 Å². The molecule has 14 heavy (non-hydrogen) atoms. The Labute approximate surface area is 103 Å². The van der Waals surface area contributed by atoms with Gasteiger partial charge < -0.3 is 0 Å². The van der Waals surface area contributed by atoms with Crippen LogP contribution in [0.3, 0.4) is 0 Å². The first-order valence-electron chi connectivity index (χ1n) is 4.71. The van der Waals surface area contributed by atoms with Gasteiger partial charge in [0.25, 0.3) is 0 Å². The molecule has 0 N–H and O–H groups in total. The standard InChI is InChI=1S/C10H8Cl4/c11-7-3-1-4-5(2-3)8(12)10(14)6(4)9(7)13/h3-6H,1-2H2. The minimum atomic E-state index is 0.0992. The third-order valence-corrected chi connectivity index (χ3v) is 5.79. The van der Waals surface area contributed by atoms with Crippen LogP contribution in [0.2, 0.25) is 0 Å². The molecule has 0 spiro atoms. The molecule has 4 heteroatoms. The van der Waals surface area contributed by atoms with Gasteiger partial charge >= 0.3 is 0 Å². The first-order chi connectivity index (χ1) is 6.61. The molecule has 4 atom stereocenters. The number of hydrogen-bond donors (Lipinski definition) is 0. The summed E-state index contributed by atoms with van der Waals surface area (Å²) in [6, 6.07) is 0. The van der Waals surface area contributed by atoms with Crippen molar-refractivity contribution in [3.05, 3.63) is 20.1 Å². The highest BCUT2D eigenvalue weighted by atomic mass is 35.5. The lowest BCUT2D eigenvalue weighted by atomic mass is 9.86. The maximum atomic E-state index is 6.22. The van der Waals surface area contributed by atoms with E-state index in [1.54, 1.807) is 0 Å². The summed E-state index contributed by atoms with van der Waals surface area (Å²) in [5, 5.41) is 3.10. The summed E-state index contributed by atoms with van der Waals surface area (Å²) in [5.41, 5.74) is 0. The van der Waals surface area contributed by atoms with Crippen LogP contribution < -0.4 is 0 Å². The molecular weight excluding hydrogens is 262 g/mol. The van der Waals surface area contributed by atoms with Crippen LogP contribution in [0.4, 0.5) is 0 Å². The average Bonchev–Trinajstić information content (AvgIpc) is 2.64. The lowest BCUT2D eigenvalue weighted by Crippen LogP contribution is -2.17. The van der Waals surface area contributed by atoms with Crippen LogP contribution in [0.25, 0.3) is 0 Å². The Balaban J connectivity index is 2.17. The lowest BCUT2D eigenvalue weighted by molar-refractivity contribution is 0.404. The van der Waals surface area contributed by atoms with E-state index in [-0.39, 0.29) is 5.92 Å². The summed E-state index contributed by atoms with van der Waals surface area (Å²) in [4.78, 5) is 0. The van der Waals surface area contributed by atoms with Crippen molar-refractivity contribution in [1.82, 2.24) is 0 Å². The Morgan fingerprint density at radius 2 is 1.43 bits per heavy atom. The van der Waals surface area contributed by atoms with Gasteiger partial charge in [-0.25, -0.2) is 0 Å². The molecule has 0 aromatic rings. The van der Waals surface area contributed by atoms with Crippen molar-refractivity contribution in [2.75, 3.05) is 0 Å². The van der Waals surface area contributed by atoms with Gasteiger partial charge in [-0.1, -0.05) is 46.4 Å². The normalized spacial score (nSPS) is 45.4. The van der Waals surface area contributed by atoms with Crippen LogP contribution in [0.1, 0.15) is 12.8 Å². The van der Waals surface area contributed by atoms with Crippen LogP contribution in [-0.4, -0.2) is 0 Å². The SMILES string of the molecule is ClC1=C(Cl)C2C(Cl)=C(Cl)C3CC1CC32. The molecule has 1 saturated carbocycles. The van der Waals surface area contributed by atoms with E-state index < -0.39 is 0 Å². The Bertz CT molecular complexity index is 368. The molecule has 0 saturated heterocycles. The number of fused-ring (bicyclic) bond motifs is 1. The van der Waals surface area contributed by atoms with Gasteiger partial charge in [0, 0.05) is 32.0 Å². The second-order valence-corrected chi connectivity index (χ2v) is 5.94. The van der Waals surface area contributed by atoms with E-state index in [0.717, 1.165) is 33.0 Å². The Hall–Kier alpha value is 0.640. The molecule has 0 heterocycles. The van der Waals surface area contributed by atoms with Crippen LogP contribution in [0, 0.1) is 23.7 Å². The van der Waals surface area contributed by atoms with Crippen molar-refractivity contribution >= 4 is 46.4 Å². The molecule has 1 fully saturated rings. The maximum absolute atomic E-state index is 6.22. The lowest BCUT2D eigenvalue weighted by Gasteiger charge is -2.26. The molecule has 0 amide bonds. The zero-order valence-corrected chi connectivity index (χ0v) is 10.3. The molecule has 0 aromatic heterocycles. The molecule has 76 valence electrons. The van der Waals surface area contributed by atoms with E-state index in [0.29, 0.717) is 17.8 Å². The highest BCUT2D eigenvalue weighted by Crippen LogP contribution is 2.63. The smallest absolute Gasteiger partial charge is 0.0416 e. The van der Waals surface area contributed by atoms with Crippen molar-refractivity contribution in [3.8, 4) is 0 Å². The Morgan fingerprint density at radius 3 is 2.14 bits per heavy atom. The third kappa shape index (κ3) is 1.04. The fourth-order valence-electron chi connectivity index (χ4n) is 3.09. The quantitative estimate of drug-likeness (QED) is 0.601. The molecule has 3 aliphatic carbocycles. The second kappa shape index (κ2) is 3.07. The van der Waals surface area contributed by atoms with Gasteiger partial charge in [-0.15, -0.1) is 0 Å². The zero-order chi connectivity index (χ0) is 10.0. The first kappa shape index (κ1) is 9.84. The fourth-order valence-corrected chi connectivity index (χ4v) is 4.65. The van der Waals surface area contributed by atoms with Crippen molar-refractivity contribution in [3.63, 3.8) is 0 Å². The second-order valence-electron chi connectivity index (χ2n) is 4.31. The van der Waals surface area contributed by atoms with Crippen LogP contribution in [0.15, 0.2) is 20.1 Å². The zero-order valence-electron chi connectivity index (χ0n) is 7.24. The summed E-state index contributed by atoms with van der Waals surface area (Å²) in [6.45, 7) is 0. The summed E-state index contributed by atoms with van der Waals surface area (Å²) in [7, 11) is 0. The summed E-state index contributed by atoms with van der Waals surface area (Å²) in [6.07, 6.45) is 2.11. The highest BCUT2D eigenvalue weighted by Gasteiger charge is 2.53. The van der Waals surface area contributed by atoms with Gasteiger partial charge in [-0.05, 0) is 24.7 Å². The molecular formula is C10H8Cl4. The predicted octanol–water partition coefficient (Wildman–Crippen LogP) is 4.65. The first-order valence-corrected chi connectivity index (χ1v) is 6.22. The summed E-state index contributed by atoms with van der Waals surface area (Å²) >= 11 is 24.8. The molecule has 3 rings (SSSR count).